The topological polar surface area (TPSA) is 49.4 Å². The number of fused-ring (bicyclic) bond motifs is 3. The average molecular weight is 405 g/mol. The van der Waals surface area contributed by atoms with E-state index in [4.69, 9.17) is 0 Å². The molecule has 5 heteroatoms. The molecule has 3 aromatic rings. The van der Waals surface area contributed by atoms with E-state index in [0.717, 1.165) is 30.5 Å². The largest absolute Gasteiger partial charge is 0.332 e. The Bertz CT molecular complexity index is 1070. The first-order chi connectivity index (χ1) is 14.1. The van der Waals surface area contributed by atoms with Crippen molar-refractivity contribution in [1.82, 2.24) is 4.90 Å². The minimum Gasteiger partial charge on any atom is -0.332 e. The molecule has 29 heavy (non-hydrogen) atoms. The number of carbonyl (C=O) groups excluding carboxylic acids is 2. The van der Waals surface area contributed by atoms with Crippen LogP contribution in [0.25, 0.3) is 10.4 Å². The number of nitrogens with zero attached hydrogens (tertiary/aromatic N) is 1. The van der Waals surface area contributed by atoms with Gasteiger partial charge in [-0.3, -0.25) is 9.59 Å². The number of para-hydroxylation sites is 1. The van der Waals surface area contributed by atoms with Gasteiger partial charge >= 0.3 is 0 Å². The number of amides is 2. The van der Waals surface area contributed by atoms with Crippen molar-refractivity contribution in [1.29, 1.82) is 0 Å². The van der Waals surface area contributed by atoms with E-state index < -0.39 is 0 Å². The van der Waals surface area contributed by atoms with Crippen molar-refractivity contribution in [3.63, 3.8) is 0 Å². The molecule has 4 nitrogen and oxygen atoms in total. The molecule has 2 amide bonds. The van der Waals surface area contributed by atoms with Crippen LogP contribution in [0.4, 0.5) is 5.69 Å². The van der Waals surface area contributed by atoms with Gasteiger partial charge in [-0.25, -0.2) is 0 Å². The first-order valence-corrected chi connectivity index (χ1v) is 10.7. The number of aryl methyl sites for hydroxylation is 3. The third-order valence-corrected chi connectivity index (χ3v) is 6.54. The van der Waals surface area contributed by atoms with Gasteiger partial charge in [0.25, 0.3) is 5.91 Å². The standard InChI is InChI=1S/C24H24N2O2S/c1-3-16-8-5-7-11-20(16)25-22(27)15-26(2)24(28)21-14-18-13-12-17-9-4-6-10-19(17)23(18)29-21/h4-11,14H,3,12-13,15H2,1-2H3,(H,25,27). The molecule has 1 aliphatic rings. The van der Waals surface area contributed by atoms with E-state index in [2.05, 4.69) is 30.4 Å². The third kappa shape index (κ3) is 3.96. The van der Waals surface area contributed by atoms with Crippen LogP contribution < -0.4 is 5.32 Å². The highest BCUT2D eigenvalue weighted by atomic mass is 32.1. The molecule has 4 rings (SSSR count). The fourth-order valence-corrected chi connectivity index (χ4v) is 5.06. The van der Waals surface area contributed by atoms with Crippen molar-refractivity contribution in [2.75, 3.05) is 18.9 Å². The van der Waals surface area contributed by atoms with Crippen LogP contribution in [0.15, 0.2) is 54.6 Å². The molecule has 0 unspecified atom stereocenters. The Morgan fingerprint density at radius 1 is 1.03 bits per heavy atom. The monoisotopic (exact) mass is 404 g/mol. The van der Waals surface area contributed by atoms with Crippen LogP contribution in [0, 0.1) is 0 Å². The number of likely N-dealkylation sites (N-methyl/N-ethyl adjacent to an activating group) is 1. The maximum absolute atomic E-state index is 12.9. The van der Waals surface area contributed by atoms with Crippen LogP contribution in [0.5, 0.6) is 0 Å². The fraction of sp³-hybridized carbons (Fsp3) is 0.250. The molecule has 0 saturated heterocycles. The van der Waals surface area contributed by atoms with Crippen LogP contribution in [-0.2, 0) is 24.1 Å². The molecule has 2 aromatic carbocycles. The summed E-state index contributed by atoms with van der Waals surface area (Å²) in [5.41, 5.74) is 5.69. The highest BCUT2D eigenvalue weighted by molar-refractivity contribution is 7.17. The Hall–Kier alpha value is -2.92. The first-order valence-electron chi connectivity index (χ1n) is 9.91. The minimum atomic E-state index is -0.187. The predicted molar refractivity (Wildman–Crippen MR) is 119 cm³/mol. The second-order valence-electron chi connectivity index (χ2n) is 7.34. The van der Waals surface area contributed by atoms with Gasteiger partial charge in [-0.2, -0.15) is 0 Å². The van der Waals surface area contributed by atoms with Crippen LogP contribution in [-0.4, -0.2) is 30.3 Å². The average Bonchev–Trinajstić information content (AvgIpc) is 3.18. The molecular weight excluding hydrogens is 380 g/mol. The molecule has 0 spiro atoms. The Kier molecular flexibility index (Phi) is 5.49. The van der Waals surface area contributed by atoms with E-state index in [1.807, 2.05) is 36.4 Å². The fourth-order valence-electron chi connectivity index (χ4n) is 3.79. The lowest BCUT2D eigenvalue weighted by atomic mass is 9.91. The Labute approximate surface area is 175 Å². The second kappa shape index (κ2) is 8.21. The smallest absolute Gasteiger partial charge is 0.264 e. The number of benzene rings is 2. The van der Waals surface area contributed by atoms with Gasteiger partial charge in [-0.1, -0.05) is 49.4 Å². The molecule has 1 aromatic heterocycles. The van der Waals surface area contributed by atoms with Crippen LogP contribution in [0.3, 0.4) is 0 Å². The Morgan fingerprint density at radius 3 is 2.59 bits per heavy atom. The number of carbonyl (C=O) groups is 2. The Balaban J connectivity index is 1.47. The van der Waals surface area contributed by atoms with Crippen molar-refractivity contribution in [3.8, 4) is 10.4 Å². The molecular formula is C24H24N2O2S. The summed E-state index contributed by atoms with van der Waals surface area (Å²) in [5, 5.41) is 2.93. The summed E-state index contributed by atoms with van der Waals surface area (Å²) in [6.45, 7) is 2.08. The molecule has 0 bridgehead atoms. The highest BCUT2D eigenvalue weighted by Gasteiger charge is 2.23. The lowest BCUT2D eigenvalue weighted by Gasteiger charge is -2.17. The highest BCUT2D eigenvalue weighted by Crippen LogP contribution is 2.39. The van der Waals surface area contributed by atoms with Gasteiger partial charge in [-0.05, 0) is 53.6 Å². The Morgan fingerprint density at radius 2 is 1.76 bits per heavy atom. The number of hydrogen-bond donors (Lipinski definition) is 1. The molecule has 1 N–H and O–H groups in total. The van der Waals surface area contributed by atoms with Gasteiger partial charge in [0.2, 0.25) is 5.91 Å². The summed E-state index contributed by atoms with van der Waals surface area (Å²) in [5.74, 6) is -0.297. The van der Waals surface area contributed by atoms with Gasteiger partial charge in [0.15, 0.2) is 0 Å². The van der Waals surface area contributed by atoms with Crippen molar-refractivity contribution in [3.05, 3.63) is 76.2 Å². The van der Waals surface area contributed by atoms with Gasteiger partial charge in [-0.15, -0.1) is 11.3 Å². The normalized spacial score (nSPS) is 12.1. The number of anilines is 1. The number of hydrogen-bond acceptors (Lipinski definition) is 3. The SMILES string of the molecule is CCc1ccccc1NC(=O)CN(C)C(=O)c1cc2c(s1)-c1ccccc1CC2. The number of rotatable bonds is 5. The summed E-state index contributed by atoms with van der Waals surface area (Å²) in [7, 11) is 1.68. The zero-order valence-electron chi connectivity index (χ0n) is 16.7. The minimum absolute atomic E-state index is 0.0238. The first kappa shape index (κ1) is 19.4. The lowest BCUT2D eigenvalue weighted by Crippen LogP contribution is -2.34. The van der Waals surface area contributed by atoms with Crippen molar-refractivity contribution in [2.24, 2.45) is 0 Å². The van der Waals surface area contributed by atoms with E-state index in [1.54, 1.807) is 7.05 Å². The lowest BCUT2D eigenvalue weighted by molar-refractivity contribution is -0.116. The zero-order chi connectivity index (χ0) is 20.4. The van der Waals surface area contributed by atoms with E-state index in [-0.39, 0.29) is 18.4 Å². The van der Waals surface area contributed by atoms with Crippen LogP contribution >= 0.6 is 11.3 Å². The quantitative estimate of drug-likeness (QED) is 0.665. The molecule has 1 aliphatic carbocycles. The van der Waals surface area contributed by atoms with Crippen molar-refractivity contribution in [2.45, 2.75) is 26.2 Å². The summed E-state index contributed by atoms with van der Waals surface area (Å²) in [6.07, 6.45) is 2.80. The van der Waals surface area contributed by atoms with Crippen LogP contribution in [0.2, 0.25) is 0 Å². The number of nitrogens with one attached hydrogen (secondary N) is 1. The van der Waals surface area contributed by atoms with E-state index in [1.165, 1.54) is 37.8 Å². The summed E-state index contributed by atoms with van der Waals surface area (Å²) >= 11 is 1.53. The summed E-state index contributed by atoms with van der Waals surface area (Å²) in [6, 6.07) is 18.1. The molecule has 148 valence electrons. The van der Waals surface area contributed by atoms with E-state index >= 15 is 0 Å². The molecule has 0 fully saturated rings. The molecule has 0 saturated carbocycles. The van der Waals surface area contributed by atoms with Gasteiger partial charge in [0, 0.05) is 17.6 Å². The molecule has 0 radical (unpaired) electrons. The van der Waals surface area contributed by atoms with Gasteiger partial charge in [0.05, 0.1) is 11.4 Å². The van der Waals surface area contributed by atoms with Crippen LogP contribution in [0.1, 0.15) is 33.3 Å². The molecule has 0 atom stereocenters. The number of thiophene rings is 1. The van der Waals surface area contributed by atoms with Crippen molar-refractivity contribution < 1.29 is 9.59 Å². The second-order valence-corrected chi connectivity index (χ2v) is 8.39. The third-order valence-electron chi connectivity index (χ3n) is 5.35. The zero-order valence-corrected chi connectivity index (χ0v) is 17.5. The van der Waals surface area contributed by atoms with Crippen molar-refractivity contribution >= 4 is 28.8 Å². The van der Waals surface area contributed by atoms with E-state index in [9.17, 15) is 9.59 Å². The predicted octanol–water partition coefficient (Wildman–Crippen LogP) is 4.79. The maximum Gasteiger partial charge on any atom is 0.264 e. The van der Waals surface area contributed by atoms with Gasteiger partial charge < -0.3 is 10.2 Å². The van der Waals surface area contributed by atoms with E-state index in [0.29, 0.717) is 4.88 Å². The molecule has 1 heterocycles. The maximum atomic E-state index is 12.9. The summed E-state index contributed by atoms with van der Waals surface area (Å²) < 4.78 is 0. The van der Waals surface area contributed by atoms with Gasteiger partial charge in [0.1, 0.15) is 0 Å². The summed E-state index contributed by atoms with van der Waals surface area (Å²) in [4.78, 5) is 28.8. The molecule has 0 aliphatic heterocycles.